The number of benzene rings is 2. The number of cyclic esters (lactones) is 1. The summed E-state index contributed by atoms with van der Waals surface area (Å²) in [6.07, 6.45) is -0.824. The molecule has 2 aromatic rings. The third kappa shape index (κ3) is 3.74. The summed E-state index contributed by atoms with van der Waals surface area (Å²) >= 11 is 0. The summed E-state index contributed by atoms with van der Waals surface area (Å²) in [7, 11) is 1.57. The van der Waals surface area contributed by atoms with Crippen LogP contribution in [0, 0.1) is 6.92 Å². The molecule has 1 heterocycles. The Hall–Kier alpha value is -3.02. The predicted molar refractivity (Wildman–Crippen MR) is 94.1 cm³/mol. The van der Waals surface area contributed by atoms with E-state index in [9.17, 15) is 9.59 Å². The SMILES string of the molecule is COc1cccc(N2C[C@H](CNC(=O)c3ccccc3C)OC2=O)c1. The van der Waals surface area contributed by atoms with Crippen molar-refractivity contribution in [2.24, 2.45) is 0 Å². The fourth-order valence-electron chi connectivity index (χ4n) is 2.75. The topological polar surface area (TPSA) is 67.9 Å². The number of nitrogens with one attached hydrogen (secondary N) is 1. The molecule has 2 amide bonds. The predicted octanol–water partition coefficient (Wildman–Crippen LogP) is 2.76. The highest BCUT2D eigenvalue weighted by Gasteiger charge is 2.32. The molecule has 3 rings (SSSR count). The Kier molecular flexibility index (Phi) is 4.88. The maximum absolute atomic E-state index is 12.3. The third-order valence-electron chi connectivity index (χ3n) is 4.12. The van der Waals surface area contributed by atoms with Gasteiger partial charge >= 0.3 is 6.09 Å². The van der Waals surface area contributed by atoms with Crippen molar-refractivity contribution in [3.63, 3.8) is 0 Å². The van der Waals surface area contributed by atoms with E-state index >= 15 is 0 Å². The molecule has 0 radical (unpaired) electrons. The molecule has 0 saturated carbocycles. The second-order valence-electron chi connectivity index (χ2n) is 5.84. The van der Waals surface area contributed by atoms with E-state index in [1.807, 2.05) is 43.3 Å². The van der Waals surface area contributed by atoms with Crippen molar-refractivity contribution < 1.29 is 19.1 Å². The van der Waals surface area contributed by atoms with Crippen molar-refractivity contribution in [1.29, 1.82) is 0 Å². The molecular formula is C19H20N2O4. The number of nitrogens with zero attached hydrogens (tertiary/aromatic N) is 1. The number of anilines is 1. The molecule has 0 aromatic heterocycles. The molecule has 1 saturated heterocycles. The number of aryl methyl sites for hydroxylation is 1. The zero-order valence-electron chi connectivity index (χ0n) is 14.2. The summed E-state index contributed by atoms with van der Waals surface area (Å²) in [5.41, 5.74) is 2.23. The minimum Gasteiger partial charge on any atom is -0.497 e. The van der Waals surface area contributed by atoms with Gasteiger partial charge in [0.05, 0.1) is 25.9 Å². The number of carbonyl (C=O) groups is 2. The van der Waals surface area contributed by atoms with Crippen molar-refractivity contribution in [1.82, 2.24) is 5.32 Å². The lowest BCUT2D eigenvalue weighted by Crippen LogP contribution is -2.34. The van der Waals surface area contributed by atoms with Gasteiger partial charge in [-0.2, -0.15) is 0 Å². The molecule has 0 aliphatic carbocycles. The van der Waals surface area contributed by atoms with Crippen molar-refractivity contribution >= 4 is 17.7 Å². The van der Waals surface area contributed by atoms with E-state index in [1.165, 1.54) is 4.90 Å². The first-order valence-electron chi connectivity index (χ1n) is 8.04. The van der Waals surface area contributed by atoms with Gasteiger partial charge in [-0.1, -0.05) is 24.3 Å². The summed E-state index contributed by atoms with van der Waals surface area (Å²) in [6.45, 7) is 2.52. The molecule has 6 heteroatoms. The molecule has 2 aromatic carbocycles. The summed E-state index contributed by atoms with van der Waals surface area (Å²) < 4.78 is 10.5. The first-order valence-corrected chi connectivity index (χ1v) is 8.04. The maximum Gasteiger partial charge on any atom is 0.414 e. The smallest absolute Gasteiger partial charge is 0.414 e. The molecule has 0 unspecified atom stereocenters. The van der Waals surface area contributed by atoms with Gasteiger partial charge in [0, 0.05) is 11.6 Å². The Labute approximate surface area is 146 Å². The van der Waals surface area contributed by atoms with Gasteiger partial charge in [0.2, 0.25) is 0 Å². The van der Waals surface area contributed by atoms with Crippen LogP contribution in [0.25, 0.3) is 0 Å². The van der Waals surface area contributed by atoms with Crippen molar-refractivity contribution in [3.05, 3.63) is 59.7 Å². The van der Waals surface area contributed by atoms with E-state index < -0.39 is 12.2 Å². The number of ether oxygens (including phenoxy) is 2. The third-order valence-corrected chi connectivity index (χ3v) is 4.12. The molecule has 1 aliphatic heterocycles. The maximum atomic E-state index is 12.3. The van der Waals surface area contributed by atoms with E-state index in [2.05, 4.69) is 5.32 Å². The van der Waals surface area contributed by atoms with Gasteiger partial charge in [-0.25, -0.2) is 4.79 Å². The quantitative estimate of drug-likeness (QED) is 0.909. The van der Waals surface area contributed by atoms with Crippen LogP contribution in [0.5, 0.6) is 5.75 Å². The van der Waals surface area contributed by atoms with Gasteiger partial charge in [0.15, 0.2) is 0 Å². The molecule has 1 atom stereocenters. The average Bonchev–Trinajstić information content (AvgIpc) is 3.01. The molecule has 130 valence electrons. The largest absolute Gasteiger partial charge is 0.497 e. The highest BCUT2D eigenvalue weighted by atomic mass is 16.6. The Morgan fingerprint density at radius 1 is 1.28 bits per heavy atom. The van der Waals surface area contributed by atoms with Gasteiger partial charge in [-0.3, -0.25) is 9.69 Å². The zero-order chi connectivity index (χ0) is 17.8. The van der Waals surface area contributed by atoms with Crippen molar-refractivity contribution in [3.8, 4) is 5.75 Å². The lowest BCUT2D eigenvalue weighted by molar-refractivity contribution is 0.0915. The van der Waals surface area contributed by atoms with E-state index in [0.29, 0.717) is 23.5 Å². The van der Waals surface area contributed by atoms with Crippen LogP contribution in [-0.4, -0.2) is 38.3 Å². The molecule has 1 aliphatic rings. The Bertz CT molecular complexity index is 790. The molecule has 6 nitrogen and oxygen atoms in total. The molecule has 0 bridgehead atoms. The molecule has 0 spiro atoms. The van der Waals surface area contributed by atoms with Crippen LogP contribution in [0.2, 0.25) is 0 Å². The fraction of sp³-hybridized carbons (Fsp3) is 0.263. The summed E-state index contributed by atoms with van der Waals surface area (Å²) in [6, 6.07) is 14.6. The number of hydrogen-bond acceptors (Lipinski definition) is 4. The average molecular weight is 340 g/mol. The van der Waals surface area contributed by atoms with Crippen LogP contribution in [0.1, 0.15) is 15.9 Å². The van der Waals surface area contributed by atoms with Gasteiger partial charge in [0.1, 0.15) is 11.9 Å². The minimum absolute atomic E-state index is 0.172. The lowest BCUT2D eigenvalue weighted by atomic mass is 10.1. The Balaban J connectivity index is 1.61. The van der Waals surface area contributed by atoms with Crippen LogP contribution in [0.4, 0.5) is 10.5 Å². The van der Waals surface area contributed by atoms with Gasteiger partial charge < -0.3 is 14.8 Å². The van der Waals surface area contributed by atoms with E-state index in [1.54, 1.807) is 19.2 Å². The number of rotatable bonds is 5. The van der Waals surface area contributed by atoms with Crippen LogP contribution in [-0.2, 0) is 4.74 Å². The van der Waals surface area contributed by atoms with Crippen LogP contribution >= 0.6 is 0 Å². The number of carbonyl (C=O) groups excluding carboxylic acids is 2. The van der Waals surface area contributed by atoms with E-state index in [-0.39, 0.29) is 12.5 Å². The second kappa shape index (κ2) is 7.25. The molecule has 25 heavy (non-hydrogen) atoms. The zero-order valence-corrected chi connectivity index (χ0v) is 14.2. The van der Waals surface area contributed by atoms with Crippen molar-refractivity contribution in [2.75, 3.05) is 25.1 Å². The van der Waals surface area contributed by atoms with Crippen LogP contribution in [0.15, 0.2) is 48.5 Å². The monoisotopic (exact) mass is 340 g/mol. The minimum atomic E-state index is -0.427. The van der Waals surface area contributed by atoms with Gasteiger partial charge in [-0.05, 0) is 30.7 Å². The summed E-state index contributed by atoms with van der Waals surface area (Å²) in [5, 5.41) is 2.83. The highest BCUT2D eigenvalue weighted by molar-refractivity contribution is 5.95. The number of hydrogen-bond donors (Lipinski definition) is 1. The van der Waals surface area contributed by atoms with Crippen LogP contribution in [0.3, 0.4) is 0 Å². The van der Waals surface area contributed by atoms with Gasteiger partial charge in [0.25, 0.3) is 5.91 Å². The lowest BCUT2D eigenvalue weighted by Gasteiger charge is -2.14. The van der Waals surface area contributed by atoms with Gasteiger partial charge in [-0.15, -0.1) is 0 Å². The summed E-state index contributed by atoms with van der Waals surface area (Å²) in [5.74, 6) is 0.496. The van der Waals surface area contributed by atoms with Crippen LogP contribution < -0.4 is 15.0 Å². The highest BCUT2D eigenvalue weighted by Crippen LogP contribution is 2.25. The second-order valence-corrected chi connectivity index (χ2v) is 5.84. The van der Waals surface area contributed by atoms with E-state index in [4.69, 9.17) is 9.47 Å². The number of amides is 2. The molecule has 1 N–H and O–H groups in total. The first kappa shape index (κ1) is 16.8. The molecular weight excluding hydrogens is 320 g/mol. The van der Waals surface area contributed by atoms with E-state index in [0.717, 1.165) is 5.56 Å². The Morgan fingerprint density at radius 3 is 2.84 bits per heavy atom. The number of methoxy groups -OCH3 is 1. The van der Waals surface area contributed by atoms with Crippen molar-refractivity contribution in [2.45, 2.75) is 13.0 Å². The first-order chi connectivity index (χ1) is 12.1. The normalized spacial score (nSPS) is 16.5. The summed E-state index contributed by atoms with van der Waals surface area (Å²) in [4.78, 5) is 25.9. The standard InChI is InChI=1S/C19H20N2O4/c1-13-6-3-4-9-17(13)18(22)20-11-16-12-21(19(23)25-16)14-7-5-8-15(10-14)24-2/h3-10,16H,11-12H2,1-2H3,(H,20,22)/t16-/m0/s1. The molecule has 1 fully saturated rings. The fourth-order valence-corrected chi connectivity index (χ4v) is 2.75. The Morgan fingerprint density at radius 2 is 2.08 bits per heavy atom.